The number of benzene rings is 2. The Balaban J connectivity index is 1.29. The number of carbonyl (C=O) groups is 1. The lowest BCUT2D eigenvalue weighted by Crippen LogP contribution is -2.22. The van der Waals surface area contributed by atoms with Gasteiger partial charge in [-0.3, -0.25) is 4.79 Å². The maximum Gasteiger partial charge on any atom is 0.251 e. The minimum Gasteiger partial charge on any atom is -0.487 e. The van der Waals surface area contributed by atoms with Crippen molar-refractivity contribution in [3.05, 3.63) is 94.2 Å². The molecule has 0 aliphatic carbocycles. The molecule has 29 heavy (non-hydrogen) atoms. The van der Waals surface area contributed by atoms with E-state index in [1.165, 1.54) is 0 Å². The van der Waals surface area contributed by atoms with Gasteiger partial charge in [0, 0.05) is 29.9 Å². The molecular weight excluding hydrogens is 384 g/mol. The van der Waals surface area contributed by atoms with Gasteiger partial charge in [-0.05, 0) is 55.0 Å². The van der Waals surface area contributed by atoms with Gasteiger partial charge in [-0.25, -0.2) is 9.67 Å². The third-order valence-electron chi connectivity index (χ3n) is 4.33. The van der Waals surface area contributed by atoms with Crippen molar-refractivity contribution in [1.82, 2.24) is 20.1 Å². The number of amides is 1. The van der Waals surface area contributed by atoms with Gasteiger partial charge in [0.05, 0.1) is 16.4 Å². The molecule has 2 aromatic heterocycles. The van der Waals surface area contributed by atoms with Crippen LogP contribution in [0.15, 0.2) is 72.4 Å². The molecule has 2 heterocycles. The Morgan fingerprint density at radius 2 is 1.93 bits per heavy atom. The van der Waals surface area contributed by atoms with Crippen LogP contribution in [0.2, 0.25) is 0 Å². The van der Waals surface area contributed by atoms with E-state index in [2.05, 4.69) is 15.4 Å². The Morgan fingerprint density at radius 3 is 2.59 bits per heavy atom. The van der Waals surface area contributed by atoms with Crippen LogP contribution in [-0.2, 0) is 13.2 Å². The number of aryl methyl sites for hydroxylation is 1. The van der Waals surface area contributed by atoms with Gasteiger partial charge in [0.1, 0.15) is 12.4 Å². The van der Waals surface area contributed by atoms with E-state index in [-0.39, 0.29) is 5.91 Å². The largest absolute Gasteiger partial charge is 0.487 e. The van der Waals surface area contributed by atoms with Gasteiger partial charge in [0.25, 0.3) is 5.91 Å². The van der Waals surface area contributed by atoms with Gasteiger partial charge in [-0.2, -0.15) is 5.10 Å². The van der Waals surface area contributed by atoms with Crippen LogP contribution in [0.25, 0.3) is 5.69 Å². The highest BCUT2D eigenvalue weighted by atomic mass is 32.1. The highest BCUT2D eigenvalue weighted by Gasteiger charge is 2.07. The molecule has 0 radical (unpaired) electrons. The van der Waals surface area contributed by atoms with Crippen molar-refractivity contribution in [2.24, 2.45) is 0 Å². The van der Waals surface area contributed by atoms with Gasteiger partial charge >= 0.3 is 0 Å². The smallest absolute Gasteiger partial charge is 0.251 e. The van der Waals surface area contributed by atoms with Crippen molar-refractivity contribution in [3.63, 3.8) is 0 Å². The maximum atomic E-state index is 12.4. The highest BCUT2D eigenvalue weighted by Crippen LogP contribution is 2.16. The molecule has 1 amide bonds. The Labute approximate surface area is 172 Å². The summed E-state index contributed by atoms with van der Waals surface area (Å²) in [5.74, 6) is 0.587. The Hall–Kier alpha value is -3.45. The molecular formula is C22H20N4O2S. The van der Waals surface area contributed by atoms with Gasteiger partial charge in [0.15, 0.2) is 0 Å². The van der Waals surface area contributed by atoms with Crippen molar-refractivity contribution in [3.8, 4) is 11.4 Å². The molecule has 0 aliphatic rings. The zero-order chi connectivity index (χ0) is 20.1. The molecule has 7 heteroatoms. The summed E-state index contributed by atoms with van der Waals surface area (Å²) >= 11 is 1.60. The van der Waals surface area contributed by atoms with E-state index < -0.39 is 0 Å². The van der Waals surface area contributed by atoms with E-state index in [1.807, 2.05) is 48.8 Å². The molecule has 6 nitrogen and oxygen atoms in total. The molecule has 0 spiro atoms. The number of nitrogens with one attached hydrogen (secondary N) is 1. The van der Waals surface area contributed by atoms with Crippen molar-refractivity contribution in [2.45, 2.75) is 20.1 Å². The average molecular weight is 404 g/mol. The molecule has 0 saturated carbocycles. The number of thiazole rings is 1. The predicted octanol–water partition coefficient (Wildman–Crippen LogP) is 4.15. The maximum absolute atomic E-state index is 12.4. The molecule has 146 valence electrons. The molecule has 0 atom stereocenters. The summed E-state index contributed by atoms with van der Waals surface area (Å²) < 4.78 is 7.51. The van der Waals surface area contributed by atoms with Crippen molar-refractivity contribution < 1.29 is 9.53 Å². The second-order valence-electron chi connectivity index (χ2n) is 6.47. The number of aromatic nitrogens is 3. The summed E-state index contributed by atoms with van der Waals surface area (Å²) in [6.45, 7) is 2.85. The number of carbonyl (C=O) groups excluding carboxylic acids is 1. The van der Waals surface area contributed by atoms with E-state index in [1.54, 1.807) is 46.5 Å². The van der Waals surface area contributed by atoms with Crippen LogP contribution < -0.4 is 10.1 Å². The first-order chi connectivity index (χ1) is 14.2. The van der Waals surface area contributed by atoms with E-state index in [0.717, 1.165) is 22.0 Å². The second kappa shape index (κ2) is 8.70. The Kier molecular flexibility index (Phi) is 5.67. The molecule has 4 aromatic rings. The molecule has 0 bridgehead atoms. The lowest BCUT2D eigenvalue weighted by atomic mass is 10.1. The fourth-order valence-corrected chi connectivity index (χ4v) is 3.40. The van der Waals surface area contributed by atoms with Crippen molar-refractivity contribution >= 4 is 17.2 Å². The third kappa shape index (κ3) is 4.89. The van der Waals surface area contributed by atoms with Gasteiger partial charge in [-0.1, -0.05) is 12.1 Å². The van der Waals surface area contributed by atoms with Crippen molar-refractivity contribution in [1.29, 1.82) is 0 Å². The summed E-state index contributed by atoms with van der Waals surface area (Å²) in [5, 5.41) is 10.1. The third-order valence-corrected chi connectivity index (χ3v) is 5.15. The SMILES string of the molecule is Cc1nc(COc2ccc(C(=O)NCc3ccc(-n4cccn4)cc3)cc2)cs1. The Bertz CT molecular complexity index is 1070. The molecule has 0 saturated heterocycles. The number of ether oxygens (including phenoxy) is 1. The number of hydrogen-bond acceptors (Lipinski definition) is 5. The quantitative estimate of drug-likeness (QED) is 0.502. The minimum absolute atomic E-state index is 0.122. The van der Waals surface area contributed by atoms with Crippen LogP contribution in [0.1, 0.15) is 26.6 Å². The number of nitrogens with zero attached hydrogens (tertiary/aromatic N) is 3. The number of hydrogen-bond donors (Lipinski definition) is 1. The van der Waals surface area contributed by atoms with E-state index in [0.29, 0.717) is 24.5 Å². The van der Waals surface area contributed by atoms with E-state index in [9.17, 15) is 4.79 Å². The number of rotatable bonds is 7. The summed E-state index contributed by atoms with van der Waals surface area (Å²) in [4.78, 5) is 16.8. The predicted molar refractivity (Wildman–Crippen MR) is 112 cm³/mol. The summed E-state index contributed by atoms with van der Waals surface area (Å²) in [6.07, 6.45) is 3.63. The van der Waals surface area contributed by atoms with Crippen LogP contribution in [0, 0.1) is 6.92 Å². The van der Waals surface area contributed by atoms with Crippen LogP contribution >= 0.6 is 11.3 Å². The summed E-state index contributed by atoms with van der Waals surface area (Å²) in [6, 6.07) is 16.9. The molecule has 0 aliphatic heterocycles. The van der Waals surface area contributed by atoms with Crippen molar-refractivity contribution in [2.75, 3.05) is 0 Å². The molecule has 2 aromatic carbocycles. The summed E-state index contributed by atoms with van der Waals surface area (Å²) in [7, 11) is 0. The molecule has 1 N–H and O–H groups in total. The standard InChI is InChI=1S/C22H20N4O2S/c1-16-25-19(15-29-16)14-28-21-9-5-18(6-10-21)22(27)23-13-17-3-7-20(8-4-17)26-12-2-11-24-26/h2-12,15H,13-14H2,1H3,(H,23,27). The zero-order valence-electron chi connectivity index (χ0n) is 15.9. The van der Waals surface area contributed by atoms with Gasteiger partial charge in [0.2, 0.25) is 0 Å². The fraction of sp³-hybridized carbons (Fsp3) is 0.136. The summed E-state index contributed by atoms with van der Waals surface area (Å²) in [5.41, 5.74) is 3.50. The topological polar surface area (TPSA) is 69.0 Å². The van der Waals surface area contributed by atoms with Gasteiger partial charge < -0.3 is 10.1 Å². The van der Waals surface area contributed by atoms with Gasteiger partial charge in [-0.15, -0.1) is 11.3 Å². The lowest BCUT2D eigenvalue weighted by molar-refractivity contribution is 0.0951. The minimum atomic E-state index is -0.122. The zero-order valence-corrected chi connectivity index (χ0v) is 16.7. The van der Waals surface area contributed by atoms with E-state index >= 15 is 0 Å². The van der Waals surface area contributed by atoms with Crippen LogP contribution in [0.4, 0.5) is 0 Å². The highest BCUT2D eigenvalue weighted by molar-refractivity contribution is 7.09. The molecule has 0 fully saturated rings. The molecule has 4 rings (SSSR count). The van der Waals surface area contributed by atoms with Crippen LogP contribution in [-0.4, -0.2) is 20.7 Å². The molecule has 0 unspecified atom stereocenters. The van der Waals surface area contributed by atoms with Crippen LogP contribution in [0.5, 0.6) is 5.75 Å². The van der Waals surface area contributed by atoms with E-state index in [4.69, 9.17) is 4.74 Å². The first-order valence-electron chi connectivity index (χ1n) is 9.18. The lowest BCUT2D eigenvalue weighted by Gasteiger charge is -2.08. The Morgan fingerprint density at radius 1 is 1.14 bits per heavy atom. The van der Waals surface area contributed by atoms with Crippen LogP contribution in [0.3, 0.4) is 0 Å². The second-order valence-corrected chi connectivity index (χ2v) is 7.53. The average Bonchev–Trinajstić information content (AvgIpc) is 3.43. The fourth-order valence-electron chi connectivity index (χ4n) is 2.81. The first-order valence-corrected chi connectivity index (χ1v) is 10.1. The monoisotopic (exact) mass is 404 g/mol. The normalized spacial score (nSPS) is 10.7. The first kappa shape index (κ1) is 18.9.